The van der Waals surface area contributed by atoms with E-state index in [-0.39, 0.29) is 5.60 Å². The molecule has 0 spiro atoms. The first kappa shape index (κ1) is 13.2. The Morgan fingerprint density at radius 3 is 2.85 bits per heavy atom. The fourth-order valence-electron chi connectivity index (χ4n) is 2.40. The molecule has 0 bridgehead atoms. The molecule has 0 atom stereocenters. The van der Waals surface area contributed by atoms with Crippen LogP contribution in [0.4, 0.5) is 5.82 Å². The minimum absolute atomic E-state index is 0.169. The molecule has 0 unspecified atom stereocenters. The van der Waals surface area contributed by atoms with Gasteiger partial charge in [0.15, 0.2) is 5.65 Å². The third-order valence-electron chi connectivity index (χ3n) is 3.76. The summed E-state index contributed by atoms with van der Waals surface area (Å²) in [5.41, 5.74) is 1.28. The average Bonchev–Trinajstić information content (AvgIpc) is 2.54. The Morgan fingerprint density at radius 2 is 2.05 bits per heavy atom. The molecular weight excluding hydrogens is 256 g/mol. The second-order valence-electron chi connectivity index (χ2n) is 4.95. The van der Waals surface area contributed by atoms with Crippen molar-refractivity contribution in [1.82, 2.24) is 15.0 Å². The van der Waals surface area contributed by atoms with Gasteiger partial charge in [-0.1, -0.05) is 0 Å². The molecule has 3 rings (SSSR count). The van der Waals surface area contributed by atoms with E-state index in [0.717, 1.165) is 37.4 Å². The molecule has 6 heteroatoms. The molecule has 0 radical (unpaired) electrons. The maximum Gasteiger partial charge on any atom is 0.180 e. The van der Waals surface area contributed by atoms with E-state index < -0.39 is 0 Å². The summed E-state index contributed by atoms with van der Waals surface area (Å²) in [4.78, 5) is 12.9. The van der Waals surface area contributed by atoms with Gasteiger partial charge in [0.1, 0.15) is 11.3 Å². The highest BCUT2D eigenvalue weighted by atomic mass is 16.5. The first-order valence-corrected chi connectivity index (χ1v) is 6.76. The van der Waals surface area contributed by atoms with Crippen LogP contribution in [0, 0.1) is 0 Å². The highest BCUT2D eigenvalue weighted by Gasteiger charge is 2.32. The van der Waals surface area contributed by atoms with Crippen molar-refractivity contribution < 1.29 is 9.47 Å². The smallest absolute Gasteiger partial charge is 0.180 e. The Morgan fingerprint density at radius 1 is 1.25 bits per heavy atom. The van der Waals surface area contributed by atoms with Crippen LogP contribution in [-0.2, 0) is 9.47 Å². The maximum absolute atomic E-state index is 5.69. The molecule has 2 aromatic rings. The van der Waals surface area contributed by atoms with Crippen molar-refractivity contribution in [2.24, 2.45) is 0 Å². The normalized spacial score (nSPS) is 18.1. The third kappa shape index (κ3) is 2.71. The van der Waals surface area contributed by atoms with Crippen LogP contribution in [0.25, 0.3) is 11.2 Å². The molecule has 1 aliphatic heterocycles. The Labute approximate surface area is 117 Å². The van der Waals surface area contributed by atoms with E-state index in [0.29, 0.717) is 12.2 Å². The molecule has 0 amide bonds. The molecule has 20 heavy (non-hydrogen) atoms. The standard InChI is InChI=1S/C14H18N4O2/c1-19-14(4-8-20-9-5-14)10-17-12-3-2-11-13(18-12)16-7-6-15-11/h2-3,6-7H,4-5,8-10H2,1H3,(H,16,17,18). The number of anilines is 1. The lowest BCUT2D eigenvalue weighted by Crippen LogP contribution is -2.44. The Balaban J connectivity index is 1.72. The van der Waals surface area contributed by atoms with E-state index in [1.54, 1.807) is 19.5 Å². The van der Waals surface area contributed by atoms with Crippen LogP contribution in [0.5, 0.6) is 0 Å². The molecule has 1 N–H and O–H groups in total. The number of methoxy groups -OCH3 is 1. The predicted octanol–water partition coefficient (Wildman–Crippen LogP) is 1.63. The number of hydrogen-bond donors (Lipinski definition) is 1. The van der Waals surface area contributed by atoms with Crippen LogP contribution < -0.4 is 5.32 Å². The molecule has 2 aromatic heterocycles. The minimum Gasteiger partial charge on any atom is -0.381 e. The molecule has 1 fully saturated rings. The number of fused-ring (bicyclic) bond motifs is 1. The number of pyridine rings is 1. The zero-order valence-electron chi connectivity index (χ0n) is 11.5. The summed E-state index contributed by atoms with van der Waals surface area (Å²) in [6.45, 7) is 2.20. The fraction of sp³-hybridized carbons (Fsp3) is 0.500. The van der Waals surface area contributed by atoms with E-state index in [2.05, 4.69) is 20.3 Å². The van der Waals surface area contributed by atoms with Gasteiger partial charge in [0.25, 0.3) is 0 Å². The SMILES string of the molecule is COC1(CNc2ccc3nccnc3n2)CCOCC1. The molecule has 6 nitrogen and oxygen atoms in total. The molecule has 0 saturated carbocycles. The quantitative estimate of drug-likeness (QED) is 0.914. The van der Waals surface area contributed by atoms with Gasteiger partial charge in [-0.05, 0) is 12.1 Å². The first-order valence-electron chi connectivity index (χ1n) is 6.76. The van der Waals surface area contributed by atoms with Gasteiger partial charge in [-0.25, -0.2) is 9.97 Å². The number of ether oxygens (including phenoxy) is 2. The van der Waals surface area contributed by atoms with Crippen LogP contribution in [0.15, 0.2) is 24.5 Å². The highest BCUT2D eigenvalue weighted by Crippen LogP contribution is 2.25. The highest BCUT2D eigenvalue weighted by molar-refractivity contribution is 5.71. The van der Waals surface area contributed by atoms with E-state index in [9.17, 15) is 0 Å². The fourth-order valence-corrected chi connectivity index (χ4v) is 2.40. The van der Waals surface area contributed by atoms with Crippen LogP contribution in [0.2, 0.25) is 0 Å². The molecule has 1 aliphatic rings. The van der Waals surface area contributed by atoms with Crippen LogP contribution in [0.1, 0.15) is 12.8 Å². The Hall–Kier alpha value is -1.79. The predicted molar refractivity (Wildman–Crippen MR) is 75.6 cm³/mol. The molecule has 106 valence electrons. The topological polar surface area (TPSA) is 69.2 Å². The van der Waals surface area contributed by atoms with Crippen molar-refractivity contribution >= 4 is 17.0 Å². The summed E-state index contributed by atoms with van der Waals surface area (Å²) >= 11 is 0. The number of rotatable bonds is 4. The van der Waals surface area contributed by atoms with Crippen molar-refractivity contribution in [3.63, 3.8) is 0 Å². The third-order valence-corrected chi connectivity index (χ3v) is 3.76. The van der Waals surface area contributed by atoms with Gasteiger partial charge in [-0.3, -0.25) is 4.98 Å². The Bertz CT molecular complexity index is 584. The summed E-state index contributed by atoms with van der Waals surface area (Å²) in [6, 6.07) is 3.83. The minimum atomic E-state index is -0.169. The van der Waals surface area contributed by atoms with Gasteiger partial charge >= 0.3 is 0 Å². The number of aromatic nitrogens is 3. The molecule has 0 aliphatic carbocycles. The van der Waals surface area contributed by atoms with Gasteiger partial charge in [0.2, 0.25) is 0 Å². The lowest BCUT2D eigenvalue weighted by Gasteiger charge is -2.36. The molecule has 3 heterocycles. The van der Waals surface area contributed by atoms with Gasteiger partial charge in [-0.2, -0.15) is 0 Å². The van der Waals surface area contributed by atoms with E-state index in [4.69, 9.17) is 9.47 Å². The van der Waals surface area contributed by atoms with Crippen molar-refractivity contribution in [2.45, 2.75) is 18.4 Å². The van der Waals surface area contributed by atoms with Crippen molar-refractivity contribution in [3.8, 4) is 0 Å². The monoisotopic (exact) mass is 274 g/mol. The lowest BCUT2D eigenvalue weighted by molar-refractivity contribution is -0.0807. The van der Waals surface area contributed by atoms with Crippen molar-refractivity contribution in [3.05, 3.63) is 24.5 Å². The van der Waals surface area contributed by atoms with E-state index in [1.165, 1.54) is 0 Å². The maximum atomic E-state index is 5.69. The Kier molecular flexibility index (Phi) is 3.75. The van der Waals surface area contributed by atoms with Crippen molar-refractivity contribution in [2.75, 3.05) is 32.2 Å². The van der Waals surface area contributed by atoms with E-state index in [1.807, 2.05) is 12.1 Å². The van der Waals surface area contributed by atoms with Crippen LogP contribution >= 0.6 is 0 Å². The first-order chi connectivity index (χ1) is 9.81. The second kappa shape index (κ2) is 5.68. The largest absolute Gasteiger partial charge is 0.381 e. The summed E-state index contributed by atoms with van der Waals surface area (Å²) in [7, 11) is 1.76. The van der Waals surface area contributed by atoms with Crippen LogP contribution in [0.3, 0.4) is 0 Å². The van der Waals surface area contributed by atoms with Crippen LogP contribution in [-0.4, -0.2) is 47.4 Å². The molecule has 0 aromatic carbocycles. The van der Waals surface area contributed by atoms with Gasteiger partial charge in [0.05, 0.1) is 5.60 Å². The van der Waals surface area contributed by atoms with E-state index >= 15 is 0 Å². The summed E-state index contributed by atoms with van der Waals surface area (Å²) < 4.78 is 11.1. The lowest BCUT2D eigenvalue weighted by atomic mass is 9.94. The van der Waals surface area contributed by atoms with Gasteiger partial charge in [0, 0.05) is 52.1 Å². The molecular formula is C14H18N4O2. The number of nitrogens with zero attached hydrogens (tertiary/aromatic N) is 3. The van der Waals surface area contributed by atoms with Gasteiger partial charge < -0.3 is 14.8 Å². The number of hydrogen-bond acceptors (Lipinski definition) is 6. The average molecular weight is 274 g/mol. The van der Waals surface area contributed by atoms with Gasteiger partial charge in [-0.15, -0.1) is 0 Å². The zero-order valence-corrected chi connectivity index (χ0v) is 11.5. The summed E-state index contributed by atoms with van der Waals surface area (Å²) in [5.74, 6) is 0.793. The number of nitrogens with one attached hydrogen (secondary N) is 1. The molecule has 1 saturated heterocycles. The van der Waals surface area contributed by atoms with Crippen molar-refractivity contribution in [1.29, 1.82) is 0 Å². The summed E-state index contributed by atoms with van der Waals surface area (Å²) in [6.07, 6.45) is 5.10. The zero-order chi connectivity index (χ0) is 13.8. The second-order valence-corrected chi connectivity index (χ2v) is 4.95. The summed E-state index contributed by atoms with van der Waals surface area (Å²) in [5, 5.41) is 3.34.